The van der Waals surface area contributed by atoms with Gasteiger partial charge in [-0.3, -0.25) is 0 Å². The van der Waals surface area contributed by atoms with Crippen molar-refractivity contribution < 1.29 is 5.48 Å². The van der Waals surface area contributed by atoms with Gasteiger partial charge in [0.2, 0.25) is 0 Å². The zero-order valence-electron chi connectivity index (χ0n) is 22.7. The molecule has 0 amide bonds. The quantitative estimate of drug-likeness (QED) is 0.168. The van der Waals surface area contributed by atoms with Gasteiger partial charge in [-0.15, -0.1) is 0 Å². The molecule has 0 atom stereocenters. The van der Waals surface area contributed by atoms with Crippen LogP contribution in [0.4, 0.5) is 0 Å². The summed E-state index contributed by atoms with van der Waals surface area (Å²) in [6.07, 6.45) is 0. The third kappa shape index (κ3) is 7.41. The van der Waals surface area contributed by atoms with Crippen LogP contribution >= 0.6 is 24.4 Å². The van der Waals surface area contributed by atoms with E-state index in [0.717, 1.165) is 0 Å². The van der Waals surface area contributed by atoms with Crippen molar-refractivity contribution in [2.45, 2.75) is 0 Å². The Balaban J connectivity index is 0.00000194. The van der Waals surface area contributed by atoms with Gasteiger partial charge in [0, 0.05) is 0 Å². The van der Waals surface area contributed by atoms with Crippen LogP contribution in [0.15, 0.2) is 170 Å². The van der Waals surface area contributed by atoms with Crippen molar-refractivity contribution in [2.75, 3.05) is 0 Å². The summed E-state index contributed by atoms with van der Waals surface area (Å²) in [6.45, 7) is 0. The molecule has 0 aliphatic heterocycles. The first-order valence-electron chi connectivity index (χ1n) is 13.1. The van der Waals surface area contributed by atoms with Crippen molar-refractivity contribution >= 4 is 89.9 Å². The van der Waals surface area contributed by atoms with E-state index in [1.54, 1.807) is 0 Å². The summed E-state index contributed by atoms with van der Waals surface area (Å²) in [5.74, 6) is 0. The molecule has 41 heavy (non-hydrogen) atoms. The third-order valence-electron chi connectivity index (χ3n) is 6.54. The van der Waals surface area contributed by atoms with Crippen LogP contribution < -0.4 is 42.4 Å². The van der Waals surface area contributed by atoms with Crippen molar-refractivity contribution in [3.05, 3.63) is 170 Å². The maximum atomic E-state index is 2.34. The standard InChI is InChI=1S/C36H28P3.Mg.H2O/c1-5-17-29(18-6-1)38(30-19-7-2-8-20-30)35-27-15-13-25-33(35)37-34-26-14-16-28-36(34)39(31-21-9-3-10-22-31)32-23-11-4-12-24-32;;/h1-28H;;1H2/q-1;+2;/p-1. The van der Waals surface area contributed by atoms with Gasteiger partial charge in [-0.25, -0.2) is 0 Å². The van der Waals surface area contributed by atoms with Crippen molar-refractivity contribution in [1.82, 2.24) is 0 Å². The SMILES string of the molecule is [Mg+2].[OH-].c1ccc(P(c2ccccc2)c2ccccc2[P-]c2ccccc2P(c2ccccc2)c2ccccc2)cc1. The van der Waals surface area contributed by atoms with Gasteiger partial charge in [-0.1, -0.05) is 170 Å². The van der Waals surface area contributed by atoms with Crippen LogP contribution in [0.25, 0.3) is 0 Å². The fourth-order valence-electron chi connectivity index (χ4n) is 4.79. The number of rotatable bonds is 8. The van der Waals surface area contributed by atoms with Crippen molar-refractivity contribution in [3.63, 3.8) is 0 Å². The van der Waals surface area contributed by atoms with Crippen molar-refractivity contribution in [2.24, 2.45) is 0 Å². The van der Waals surface area contributed by atoms with E-state index in [9.17, 15) is 0 Å². The average Bonchev–Trinajstić information content (AvgIpc) is 3.01. The molecule has 0 saturated carbocycles. The molecule has 0 bridgehead atoms. The van der Waals surface area contributed by atoms with Gasteiger partial charge >= 0.3 is 23.1 Å². The Labute approximate surface area is 263 Å². The molecule has 6 rings (SSSR count). The predicted molar refractivity (Wildman–Crippen MR) is 184 cm³/mol. The van der Waals surface area contributed by atoms with E-state index in [2.05, 4.69) is 170 Å². The first-order chi connectivity index (χ1) is 19.4. The molecule has 0 unspecified atom stereocenters. The first kappa shape index (κ1) is 31.3. The summed E-state index contributed by atoms with van der Waals surface area (Å²) in [5.41, 5.74) is 0. The van der Waals surface area contributed by atoms with E-state index in [1.165, 1.54) is 51.0 Å². The summed E-state index contributed by atoms with van der Waals surface area (Å²) in [7, 11) is -0.114. The second-order valence-electron chi connectivity index (χ2n) is 9.10. The van der Waals surface area contributed by atoms with E-state index in [1.807, 2.05) is 0 Å². The molecule has 6 aromatic rings. The zero-order valence-corrected chi connectivity index (χ0v) is 26.8. The topological polar surface area (TPSA) is 30.0 Å². The smallest absolute Gasteiger partial charge is 0.870 e. The Morgan fingerprint density at radius 1 is 0.317 bits per heavy atom. The van der Waals surface area contributed by atoms with Crippen molar-refractivity contribution in [3.8, 4) is 0 Å². The summed E-state index contributed by atoms with van der Waals surface area (Å²) >= 11 is 0. The van der Waals surface area contributed by atoms with Crippen LogP contribution in [0.3, 0.4) is 0 Å². The Hall–Kier alpha value is -2.66. The minimum absolute atomic E-state index is 0. The first-order valence-corrected chi connectivity index (χ1v) is 16.7. The number of hydrogen-bond acceptors (Lipinski definition) is 1. The van der Waals surface area contributed by atoms with Crippen LogP contribution in [0.5, 0.6) is 0 Å². The maximum Gasteiger partial charge on any atom is 2.00 e. The Morgan fingerprint density at radius 2 is 0.561 bits per heavy atom. The second kappa shape index (κ2) is 15.5. The number of benzene rings is 6. The molecular formula is C36H29MgOP3. The van der Waals surface area contributed by atoms with E-state index < -0.39 is 15.8 Å². The fourth-order valence-corrected chi connectivity index (χ4v) is 11.3. The molecule has 0 heterocycles. The summed E-state index contributed by atoms with van der Waals surface area (Å²) in [4.78, 5) is 0. The molecular weight excluding hydrogens is 566 g/mol. The molecule has 0 aromatic heterocycles. The Kier molecular flexibility index (Phi) is 11.8. The molecule has 0 aliphatic rings. The van der Waals surface area contributed by atoms with Crippen LogP contribution in [-0.2, 0) is 0 Å². The molecule has 0 spiro atoms. The van der Waals surface area contributed by atoms with Gasteiger partial charge in [-0.2, -0.15) is 10.6 Å². The van der Waals surface area contributed by atoms with Gasteiger partial charge in [0.05, 0.1) is 0 Å². The minimum Gasteiger partial charge on any atom is -0.870 e. The molecule has 0 saturated heterocycles. The summed E-state index contributed by atoms with van der Waals surface area (Å²) < 4.78 is 0. The molecule has 5 heteroatoms. The van der Waals surface area contributed by atoms with Crippen LogP contribution in [-0.4, -0.2) is 28.5 Å². The molecule has 0 aliphatic carbocycles. The van der Waals surface area contributed by atoms with Gasteiger partial charge < -0.3 is 14.1 Å². The second-order valence-corrected chi connectivity index (χ2v) is 14.7. The zero-order chi connectivity index (χ0) is 26.3. The predicted octanol–water partition coefficient (Wildman–Crippen LogP) is 5.54. The van der Waals surface area contributed by atoms with Crippen LogP contribution in [0, 0.1) is 0 Å². The Morgan fingerprint density at radius 3 is 0.854 bits per heavy atom. The largest absolute Gasteiger partial charge is 2.00 e. The molecule has 1 nitrogen and oxygen atoms in total. The van der Waals surface area contributed by atoms with Gasteiger partial charge in [-0.05, 0) is 47.7 Å². The van der Waals surface area contributed by atoms with Crippen LogP contribution in [0.2, 0.25) is 0 Å². The summed E-state index contributed by atoms with van der Waals surface area (Å²) in [6, 6.07) is 62.1. The van der Waals surface area contributed by atoms with E-state index >= 15 is 0 Å². The molecule has 196 valence electrons. The molecule has 1 N–H and O–H groups in total. The van der Waals surface area contributed by atoms with E-state index in [-0.39, 0.29) is 28.5 Å². The van der Waals surface area contributed by atoms with Crippen molar-refractivity contribution in [1.29, 1.82) is 0 Å². The monoisotopic (exact) mass is 594 g/mol. The average molecular weight is 595 g/mol. The van der Waals surface area contributed by atoms with Gasteiger partial charge in [0.1, 0.15) is 0 Å². The van der Waals surface area contributed by atoms with Gasteiger partial charge in [0.15, 0.2) is 0 Å². The van der Waals surface area contributed by atoms with Crippen LogP contribution in [0.1, 0.15) is 0 Å². The summed E-state index contributed by atoms with van der Waals surface area (Å²) in [5, 5.41) is 11.1. The number of hydrogen-bond donors (Lipinski definition) is 0. The minimum atomic E-state index is -0.677. The third-order valence-corrected chi connectivity index (χ3v) is 13.2. The molecule has 0 fully saturated rings. The van der Waals surface area contributed by atoms with Gasteiger partial charge in [0.25, 0.3) is 0 Å². The molecule has 0 radical (unpaired) electrons. The maximum absolute atomic E-state index is 2.34. The fraction of sp³-hybridized carbons (Fsp3) is 0. The Bertz CT molecular complexity index is 1430. The normalized spacial score (nSPS) is 10.6. The molecule has 6 aromatic carbocycles. The van der Waals surface area contributed by atoms with E-state index in [0.29, 0.717) is 0 Å². The van der Waals surface area contributed by atoms with E-state index in [4.69, 9.17) is 0 Å².